The van der Waals surface area contributed by atoms with Crippen LogP contribution in [0.1, 0.15) is 11.1 Å². The number of aryl methyl sites for hydroxylation is 1. The van der Waals surface area contributed by atoms with Crippen molar-refractivity contribution in [1.82, 2.24) is 4.72 Å². The van der Waals surface area contributed by atoms with Crippen LogP contribution in [-0.2, 0) is 15.8 Å². The predicted molar refractivity (Wildman–Crippen MR) is 93.8 cm³/mol. The molecular formula is C16H17Cl2NO3S. The van der Waals surface area contributed by atoms with Crippen LogP contribution in [0.5, 0.6) is 5.75 Å². The summed E-state index contributed by atoms with van der Waals surface area (Å²) in [5, 5.41) is 1.19. The Labute approximate surface area is 146 Å². The maximum atomic E-state index is 12.0. The average molecular weight is 374 g/mol. The third kappa shape index (κ3) is 6.03. The molecule has 23 heavy (non-hydrogen) atoms. The van der Waals surface area contributed by atoms with Gasteiger partial charge in [0.25, 0.3) is 0 Å². The van der Waals surface area contributed by atoms with Crippen LogP contribution in [0.2, 0.25) is 10.0 Å². The summed E-state index contributed by atoms with van der Waals surface area (Å²) in [5.74, 6) is 0.512. The summed E-state index contributed by atoms with van der Waals surface area (Å²) in [6, 6.07) is 12.1. The molecule has 0 fully saturated rings. The molecule has 0 radical (unpaired) electrons. The smallest absolute Gasteiger partial charge is 0.215 e. The van der Waals surface area contributed by atoms with Gasteiger partial charge in [-0.25, -0.2) is 13.1 Å². The van der Waals surface area contributed by atoms with Crippen molar-refractivity contribution in [3.05, 3.63) is 63.6 Å². The lowest BCUT2D eigenvalue weighted by Crippen LogP contribution is -2.29. The Balaban J connectivity index is 1.80. The van der Waals surface area contributed by atoms with Crippen molar-refractivity contribution < 1.29 is 13.2 Å². The molecule has 0 atom stereocenters. The van der Waals surface area contributed by atoms with Crippen LogP contribution in [0.15, 0.2) is 42.5 Å². The fourth-order valence-corrected chi connectivity index (χ4v) is 3.30. The minimum atomic E-state index is -3.42. The van der Waals surface area contributed by atoms with E-state index in [4.69, 9.17) is 27.9 Å². The van der Waals surface area contributed by atoms with E-state index in [1.54, 1.807) is 36.4 Å². The second kappa shape index (κ2) is 8.02. The van der Waals surface area contributed by atoms with Gasteiger partial charge in [-0.3, -0.25) is 0 Å². The van der Waals surface area contributed by atoms with Crippen molar-refractivity contribution in [2.24, 2.45) is 0 Å². The lowest BCUT2D eigenvalue weighted by Gasteiger charge is -2.09. The monoisotopic (exact) mass is 373 g/mol. The van der Waals surface area contributed by atoms with Gasteiger partial charge in [-0.15, -0.1) is 0 Å². The van der Waals surface area contributed by atoms with Crippen molar-refractivity contribution in [2.45, 2.75) is 12.7 Å². The predicted octanol–water partition coefficient (Wildman–Crippen LogP) is 3.80. The van der Waals surface area contributed by atoms with Crippen LogP contribution in [0.25, 0.3) is 0 Å². The molecule has 0 aliphatic rings. The number of halogens is 2. The molecule has 0 unspecified atom stereocenters. The Kier molecular flexibility index (Phi) is 6.30. The average Bonchev–Trinajstić information content (AvgIpc) is 2.49. The Morgan fingerprint density at radius 3 is 2.43 bits per heavy atom. The van der Waals surface area contributed by atoms with E-state index in [0.717, 1.165) is 5.56 Å². The zero-order valence-electron chi connectivity index (χ0n) is 12.6. The summed E-state index contributed by atoms with van der Waals surface area (Å²) >= 11 is 11.8. The van der Waals surface area contributed by atoms with E-state index in [1.165, 1.54) is 0 Å². The molecule has 0 spiro atoms. The molecule has 7 heteroatoms. The number of ether oxygens (including phenoxy) is 1. The minimum absolute atomic E-state index is 0.0967. The third-order valence-electron chi connectivity index (χ3n) is 3.11. The van der Waals surface area contributed by atoms with E-state index in [2.05, 4.69) is 4.72 Å². The second-order valence-corrected chi connectivity index (χ2v) is 7.69. The van der Waals surface area contributed by atoms with Crippen LogP contribution in [0, 0.1) is 6.92 Å². The number of hydrogen-bond donors (Lipinski definition) is 1. The molecule has 0 bridgehead atoms. The molecule has 2 aromatic carbocycles. The lowest BCUT2D eigenvalue weighted by molar-refractivity contribution is 0.323. The number of nitrogens with one attached hydrogen (secondary N) is 1. The molecular weight excluding hydrogens is 357 g/mol. The summed E-state index contributed by atoms with van der Waals surface area (Å²) in [6.45, 7) is 2.30. The largest absolute Gasteiger partial charge is 0.492 e. The number of rotatable bonds is 7. The van der Waals surface area contributed by atoms with Gasteiger partial charge in [0.05, 0.1) is 5.75 Å². The maximum absolute atomic E-state index is 12.0. The van der Waals surface area contributed by atoms with Crippen molar-refractivity contribution in [2.75, 3.05) is 13.2 Å². The van der Waals surface area contributed by atoms with Crippen LogP contribution in [0.4, 0.5) is 0 Å². The first kappa shape index (κ1) is 18.1. The van der Waals surface area contributed by atoms with Crippen molar-refractivity contribution >= 4 is 33.2 Å². The van der Waals surface area contributed by atoms with Gasteiger partial charge in [0.15, 0.2) is 0 Å². The fourth-order valence-electron chi connectivity index (χ4n) is 1.88. The maximum Gasteiger partial charge on any atom is 0.215 e. The molecule has 0 aliphatic heterocycles. The number of hydrogen-bond acceptors (Lipinski definition) is 3. The normalized spacial score (nSPS) is 11.4. The van der Waals surface area contributed by atoms with Gasteiger partial charge in [0, 0.05) is 16.6 Å². The highest BCUT2D eigenvalue weighted by atomic mass is 35.5. The zero-order chi connectivity index (χ0) is 16.9. The standard InChI is InChI=1S/C16H17Cl2NO3S/c1-12-2-7-15(10-16(12)18)22-9-8-19-23(20,21)11-13-3-5-14(17)6-4-13/h2-7,10,19H,8-9,11H2,1H3. The number of benzene rings is 2. The van der Waals surface area contributed by atoms with E-state index >= 15 is 0 Å². The molecule has 2 rings (SSSR count). The first-order chi connectivity index (χ1) is 10.9. The Hall–Kier alpha value is -1.27. The molecule has 0 saturated carbocycles. The topological polar surface area (TPSA) is 55.4 Å². The van der Waals surface area contributed by atoms with Gasteiger partial charge in [-0.2, -0.15) is 0 Å². The van der Waals surface area contributed by atoms with Crippen LogP contribution in [-0.4, -0.2) is 21.6 Å². The van der Waals surface area contributed by atoms with E-state index in [-0.39, 0.29) is 18.9 Å². The third-order valence-corrected chi connectivity index (χ3v) is 5.12. The van der Waals surface area contributed by atoms with Gasteiger partial charge in [-0.1, -0.05) is 41.4 Å². The highest BCUT2D eigenvalue weighted by molar-refractivity contribution is 7.88. The second-order valence-electron chi connectivity index (χ2n) is 5.04. The van der Waals surface area contributed by atoms with Gasteiger partial charge in [0.2, 0.25) is 10.0 Å². The highest BCUT2D eigenvalue weighted by Gasteiger charge is 2.11. The van der Waals surface area contributed by atoms with E-state index in [1.807, 2.05) is 13.0 Å². The first-order valence-corrected chi connectivity index (χ1v) is 9.37. The Bertz CT molecular complexity index is 761. The van der Waals surface area contributed by atoms with Gasteiger partial charge < -0.3 is 4.74 Å². The van der Waals surface area contributed by atoms with Gasteiger partial charge in [0.1, 0.15) is 12.4 Å². The van der Waals surface area contributed by atoms with Crippen LogP contribution < -0.4 is 9.46 Å². The lowest BCUT2D eigenvalue weighted by atomic mass is 10.2. The molecule has 2 aromatic rings. The molecule has 4 nitrogen and oxygen atoms in total. The molecule has 0 saturated heterocycles. The molecule has 0 heterocycles. The molecule has 0 aromatic heterocycles. The zero-order valence-corrected chi connectivity index (χ0v) is 14.9. The Morgan fingerprint density at radius 2 is 1.78 bits per heavy atom. The molecule has 0 amide bonds. The molecule has 0 aliphatic carbocycles. The van der Waals surface area contributed by atoms with E-state index in [0.29, 0.717) is 21.4 Å². The van der Waals surface area contributed by atoms with Crippen molar-refractivity contribution in [3.8, 4) is 5.75 Å². The van der Waals surface area contributed by atoms with Gasteiger partial charge >= 0.3 is 0 Å². The van der Waals surface area contributed by atoms with Gasteiger partial charge in [-0.05, 0) is 42.3 Å². The quantitative estimate of drug-likeness (QED) is 0.750. The SMILES string of the molecule is Cc1ccc(OCCNS(=O)(=O)Cc2ccc(Cl)cc2)cc1Cl. The molecule has 124 valence electrons. The van der Waals surface area contributed by atoms with Crippen LogP contribution >= 0.6 is 23.2 Å². The fraction of sp³-hybridized carbons (Fsp3) is 0.250. The summed E-state index contributed by atoms with van der Waals surface area (Å²) in [6.07, 6.45) is 0. The summed E-state index contributed by atoms with van der Waals surface area (Å²) in [7, 11) is -3.42. The minimum Gasteiger partial charge on any atom is -0.492 e. The Morgan fingerprint density at radius 1 is 1.09 bits per heavy atom. The van der Waals surface area contributed by atoms with Crippen LogP contribution in [0.3, 0.4) is 0 Å². The molecule has 1 N–H and O–H groups in total. The number of sulfonamides is 1. The van der Waals surface area contributed by atoms with Crippen molar-refractivity contribution in [1.29, 1.82) is 0 Å². The highest BCUT2D eigenvalue weighted by Crippen LogP contribution is 2.21. The first-order valence-electron chi connectivity index (χ1n) is 6.96. The summed E-state index contributed by atoms with van der Waals surface area (Å²) in [4.78, 5) is 0. The summed E-state index contributed by atoms with van der Waals surface area (Å²) < 4.78 is 31.9. The summed E-state index contributed by atoms with van der Waals surface area (Å²) in [5.41, 5.74) is 1.64. The van der Waals surface area contributed by atoms with E-state index in [9.17, 15) is 8.42 Å². The van der Waals surface area contributed by atoms with E-state index < -0.39 is 10.0 Å². The van der Waals surface area contributed by atoms with Crippen molar-refractivity contribution in [3.63, 3.8) is 0 Å².